The minimum atomic E-state index is -2.02. The first-order valence-electron chi connectivity index (χ1n) is 2.30. The molecule has 0 saturated carbocycles. The van der Waals surface area contributed by atoms with Gasteiger partial charge in [0.15, 0.2) is 5.17 Å². The number of rotatable bonds is 1. The van der Waals surface area contributed by atoms with Crippen LogP contribution in [0.5, 0.6) is 0 Å². The smallest absolute Gasteiger partial charge is 0.270 e. The molecule has 0 unspecified atom stereocenters. The number of nitrogens with zero attached hydrogens (tertiary/aromatic N) is 1. The van der Waals surface area contributed by atoms with E-state index in [0.29, 0.717) is 0 Å². The predicted molar refractivity (Wildman–Crippen MR) is 49.4 cm³/mol. The van der Waals surface area contributed by atoms with Gasteiger partial charge in [-0.15, -0.1) is 0 Å². The largest absolute Gasteiger partial charge is 0.330 e. The zero-order valence-electron chi connectivity index (χ0n) is 5.15. The Morgan fingerprint density at radius 3 is 1.75 bits per heavy atom. The fourth-order valence-corrected chi connectivity index (χ4v) is 0.442. The molecule has 0 aliphatic carbocycles. The van der Waals surface area contributed by atoms with E-state index >= 15 is 0 Å². The molecule has 0 rings (SSSR count). The molecule has 0 bridgehead atoms. The summed E-state index contributed by atoms with van der Waals surface area (Å²) in [6, 6.07) is 0. The first kappa shape index (κ1) is 12.5. The van der Waals surface area contributed by atoms with Crippen LogP contribution in [0.4, 0.5) is 0 Å². The fourth-order valence-electron chi connectivity index (χ4n) is 0.196. The van der Waals surface area contributed by atoms with Crippen molar-refractivity contribution in [2.45, 2.75) is 3.79 Å². The van der Waals surface area contributed by atoms with Crippen molar-refractivity contribution in [2.75, 3.05) is 0 Å². The molecule has 12 heavy (non-hydrogen) atoms. The monoisotopic (exact) mass is 269 g/mol. The van der Waals surface area contributed by atoms with Crippen molar-refractivity contribution in [3.63, 3.8) is 0 Å². The lowest BCUT2D eigenvalue weighted by atomic mass is 10.7. The number of halogens is 5. The van der Waals surface area contributed by atoms with Crippen LogP contribution < -0.4 is 0 Å². The molecule has 0 aromatic heterocycles. The second-order valence-corrected chi connectivity index (χ2v) is 4.46. The van der Waals surface area contributed by atoms with Crippen LogP contribution in [-0.2, 0) is 9.59 Å². The standard InChI is InChI=1S/C4Cl5NO2/c5-1(11)2(12)10-3(6)4(7,8)9. The molecule has 0 saturated heterocycles. The normalized spacial score (nSPS) is 12.9. The van der Waals surface area contributed by atoms with Gasteiger partial charge in [0.25, 0.3) is 0 Å². The van der Waals surface area contributed by atoms with E-state index in [1.54, 1.807) is 0 Å². The highest BCUT2D eigenvalue weighted by molar-refractivity contribution is 6.91. The van der Waals surface area contributed by atoms with Gasteiger partial charge >= 0.3 is 11.1 Å². The van der Waals surface area contributed by atoms with Gasteiger partial charge in [0, 0.05) is 0 Å². The molecule has 0 aliphatic rings. The summed E-state index contributed by atoms with van der Waals surface area (Å²) in [4.78, 5) is 23.5. The Balaban J connectivity index is 4.59. The van der Waals surface area contributed by atoms with Crippen molar-refractivity contribution in [2.24, 2.45) is 4.99 Å². The summed E-state index contributed by atoms with van der Waals surface area (Å²) in [5.41, 5.74) is 0. The average molecular weight is 271 g/mol. The molecular weight excluding hydrogens is 271 g/mol. The summed E-state index contributed by atoms with van der Waals surface area (Å²) < 4.78 is -2.02. The van der Waals surface area contributed by atoms with E-state index in [2.05, 4.69) is 4.99 Å². The van der Waals surface area contributed by atoms with E-state index < -0.39 is 20.1 Å². The van der Waals surface area contributed by atoms with Crippen molar-refractivity contribution in [1.29, 1.82) is 0 Å². The maximum atomic E-state index is 10.5. The van der Waals surface area contributed by atoms with Crippen LogP contribution in [0.3, 0.4) is 0 Å². The van der Waals surface area contributed by atoms with Gasteiger partial charge in [0.2, 0.25) is 3.79 Å². The summed E-state index contributed by atoms with van der Waals surface area (Å²) >= 11 is 25.5. The molecule has 0 aliphatic heterocycles. The van der Waals surface area contributed by atoms with Crippen molar-refractivity contribution in [1.82, 2.24) is 0 Å². The number of alkyl halides is 3. The van der Waals surface area contributed by atoms with E-state index in [-0.39, 0.29) is 0 Å². The van der Waals surface area contributed by atoms with Crippen molar-refractivity contribution in [3.8, 4) is 0 Å². The second kappa shape index (κ2) is 4.63. The zero-order chi connectivity index (χ0) is 9.94. The highest BCUT2D eigenvalue weighted by Crippen LogP contribution is 2.29. The van der Waals surface area contributed by atoms with E-state index in [1.165, 1.54) is 0 Å². The maximum absolute atomic E-state index is 10.5. The molecular formula is C4Cl5NO2. The van der Waals surface area contributed by atoms with E-state index in [1.807, 2.05) is 0 Å². The van der Waals surface area contributed by atoms with Crippen LogP contribution in [0.2, 0.25) is 0 Å². The van der Waals surface area contributed by atoms with Crippen LogP contribution in [0.1, 0.15) is 0 Å². The van der Waals surface area contributed by atoms with Gasteiger partial charge in [0.05, 0.1) is 0 Å². The van der Waals surface area contributed by atoms with Crippen LogP contribution in [0.25, 0.3) is 0 Å². The Morgan fingerprint density at radius 2 is 1.50 bits per heavy atom. The molecule has 68 valence electrons. The second-order valence-electron chi connectivity index (χ2n) is 1.48. The molecule has 3 nitrogen and oxygen atoms in total. The number of amides is 1. The minimum absolute atomic E-state index is 0.633. The predicted octanol–water partition coefficient (Wildman–Crippen LogP) is 2.29. The van der Waals surface area contributed by atoms with Crippen molar-refractivity contribution in [3.05, 3.63) is 0 Å². The summed E-state index contributed by atoms with van der Waals surface area (Å²) in [5, 5.41) is -1.94. The molecule has 0 fully saturated rings. The number of carbonyl (C=O) groups is 2. The first-order valence-corrected chi connectivity index (χ1v) is 4.19. The third-order valence-corrected chi connectivity index (χ3v) is 1.96. The maximum Gasteiger partial charge on any atom is 0.330 e. The van der Waals surface area contributed by atoms with Crippen molar-refractivity contribution < 1.29 is 9.59 Å². The minimum Gasteiger partial charge on any atom is -0.270 e. The van der Waals surface area contributed by atoms with Crippen LogP contribution >= 0.6 is 58.0 Å². The molecule has 0 aromatic rings. The van der Waals surface area contributed by atoms with Gasteiger partial charge in [-0.2, -0.15) is 4.99 Å². The number of carbonyl (C=O) groups excluding carboxylic acids is 2. The molecule has 0 atom stereocenters. The molecule has 1 amide bonds. The van der Waals surface area contributed by atoms with Crippen LogP contribution in [0, 0.1) is 0 Å². The average Bonchev–Trinajstić information content (AvgIpc) is 1.85. The van der Waals surface area contributed by atoms with Crippen LogP contribution in [0.15, 0.2) is 4.99 Å². The van der Waals surface area contributed by atoms with Crippen LogP contribution in [-0.4, -0.2) is 20.1 Å². The molecule has 0 N–H and O–H groups in total. The zero-order valence-corrected chi connectivity index (χ0v) is 8.93. The Kier molecular flexibility index (Phi) is 4.81. The molecule has 8 heteroatoms. The van der Waals surface area contributed by atoms with E-state index in [9.17, 15) is 9.59 Å². The molecule has 0 spiro atoms. The summed E-state index contributed by atoms with van der Waals surface area (Å²) in [5.74, 6) is -1.28. The van der Waals surface area contributed by atoms with Gasteiger partial charge < -0.3 is 0 Å². The third kappa shape index (κ3) is 4.48. The Labute approximate surface area is 92.6 Å². The summed E-state index contributed by atoms with van der Waals surface area (Å²) in [6.07, 6.45) is 0. The topological polar surface area (TPSA) is 46.5 Å². The highest BCUT2D eigenvalue weighted by atomic mass is 35.6. The molecule has 0 heterocycles. The fraction of sp³-hybridized carbons (Fsp3) is 0.250. The lowest BCUT2D eigenvalue weighted by Gasteiger charge is -2.05. The van der Waals surface area contributed by atoms with Gasteiger partial charge in [-0.25, -0.2) is 0 Å². The SMILES string of the molecule is O=C(Cl)C(=O)N=C(Cl)C(Cl)(Cl)Cl. The quantitative estimate of drug-likeness (QED) is 0.318. The Hall–Kier alpha value is 0.460. The van der Waals surface area contributed by atoms with Gasteiger partial charge in [-0.05, 0) is 11.6 Å². The molecule has 0 aromatic carbocycles. The summed E-state index contributed by atoms with van der Waals surface area (Å²) in [6.45, 7) is 0. The number of hydrogen-bond acceptors (Lipinski definition) is 2. The number of hydrogen-bond donors (Lipinski definition) is 0. The van der Waals surface area contributed by atoms with Crippen molar-refractivity contribution >= 4 is 74.3 Å². The highest BCUT2D eigenvalue weighted by Gasteiger charge is 2.28. The lowest BCUT2D eigenvalue weighted by molar-refractivity contribution is -0.131. The van der Waals surface area contributed by atoms with Gasteiger partial charge in [-0.1, -0.05) is 46.4 Å². The lowest BCUT2D eigenvalue weighted by Crippen LogP contribution is -2.16. The van der Waals surface area contributed by atoms with E-state index in [4.69, 9.17) is 58.0 Å². The van der Waals surface area contributed by atoms with Gasteiger partial charge in [0.1, 0.15) is 0 Å². The molecule has 0 radical (unpaired) electrons. The van der Waals surface area contributed by atoms with E-state index in [0.717, 1.165) is 0 Å². The van der Waals surface area contributed by atoms with Gasteiger partial charge in [-0.3, -0.25) is 9.59 Å². The number of aliphatic imine (C=N–C) groups is 1. The first-order chi connectivity index (χ1) is 5.25. The Bertz CT molecular complexity index is 242. The Morgan fingerprint density at radius 1 is 1.08 bits per heavy atom. The summed E-state index contributed by atoms with van der Waals surface area (Å²) in [7, 11) is 0. The third-order valence-electron chi connectivity index (χ3n) is 0.602.